The van der Waals surface area contributed by atoms with E-state index < -0.39 is 10.0 Å². The van der Waals surface area contributed by atoms with Crippen LogP contribution in [0.25, 0.3) is 0 Å². The van der Waals surface area contributed by atoms with Gasteiger partial charge in [0, 0.05) is 20.9 Å². The molecular weight excluding hydrogens is 569 g/mol. The van der Waals surface area contributed by atoms with Crippen LogP contribution in [-0.4, -0.2) is 20.7 Å². The van der Waals surface area contributed by atoms with Gasteiger partial charge in [-0.2, -0.15) is 5.10 Å². The lowest BCUT2D eigenvalue weighted by Gasteiger charge is -2.25. The summed E-state index contributed by atoms with van der Waals surface area (Å²) in [5.74, 6) is 0. The van der Waals surface area contributed by atoms with E-state index in [0.717, 1.165) is 15.6 Å². The lowest BCUT2D eigenvalue weighted by Crippen LogP contribution is -2.29. The first-order valence-corrected chi connectivity index (χ1v) is 13.4. The Balaban J connectivity index is 1.61. The van der Waals surface area contributed by atoms with Crippen LogP contribution in [0.15, 0.2) is 75.1 Å². The van der Waals surface area contributed by atoms with Gasteiger partial charge in [0.25, 0.3) is 0 Å². The lowest BCUT2D eigenvalue weighted by molar-refractivity contribution is 0.586. The van der Waals surface area contributed by atoms with Crippen LogP contribution in [-0.2, 0) is 10.0 Å². The fraction of sp³-hybridized carbons (Fsp3) is 0.174. The molecular formula is C23H19BrCl3N3O2S. The third kappa shape index (κ3) is 5.56. The first kappa shape index (κ1) is 24.5. The minimum atomic E-state index is -3.70. The van der Waals surface area contributed by atoms with Gasteiger partial charge in [-0.25, -0.2) is 13.1 Å². The van der Waals surface area contributed by atoms with Crippen LogP contribution in [0.3, 0.4) is 0 Å². The van der Waals surface area contributed by atoms with Crippen molar-refractivity contribution in [3.8, 4) is 0 Å². The lowest BCUT2D eigenvalue weighted by atomic mass is 10.0. The molecule has 0 saturated carbocycles. The minimum absolute atomic E-state index is 0.0727. The molecule has 0 amide bonds. The molecule has 1 heterocycles. The van der Waals surface area contributed by atoms with E-state index in [0.29, 0.717) is 32.9 Å². The Morgan fingerprint density at radius 2 is 1.73 bits per heavy atom. The standard InChI is InChI=1S/C23H19BrCl3N3O2S/c1-14-10-19(7-8-20(14)24)33(31,32)28-13-18-12-23(15-2-4-16(25)5-3-15)30(29-18)22-9-6-17(26)11-21(22)27/h2-11,23,28H,12-13H2,1H3. The van der Waals surface area contributed by atoms with Crippen LogP contribution in [0.5, 0.6) is 0 Å². The van der Waals surface area contributed by atoms with Crippen LogP contribution in [0.1, 0.15) is 23.6 Å². The average molecular weight is 588 g/mol. The quantitative estimate of drug-likeness (QED) is 0.338. The molecule has 5 nitrogen and oxygen atoms in total. The zero-order valence-electron chi connectivity index (χ0n) is 17.4. The van der Waals surface area contributed by atoms with Crippen molar-refractivity contribution < 1.29 is 8.42 Å². The highest BCUT2D eigenvalue weighted by Gasteiger charge is 2.31. The summed E-state index contributed by atoms with van der Waals surface area (Å²) in [6, 6.07) is 17.4. The van der Waals surface area contributed by atoms with Gasteiger partial charge >= 0.3 is 0 Å². The van der Waals surface area contributed by atoms with Crippen molar-refractivity contribution in [2.24, 2.45) is 5.10 Å². The summed E-state index contributed by atoms with van der Waals surface area (Å²) < 4.78 is 29.2. The smallest absolute Gasteiger partial charge is 0.240 e. The van der Waals surface area contributed by atoms with Crippen LogP contribution in [0.4, 0.5) is 5.69 Å². The summed E-state index contributed by atoms with van der Waals surface area (Å²) in [7, 11) is -3.70. The highest BCUT2D eigenvalue weighted by Crippen LogP contribution is 2.39. The number of aryl methyl sites for hydroxylation is 1. The molecule has 0 aromatic heterocycles. The summed E-state index contributed by atoms with van der Waals surface area (Å²) in [5.41, 5.74) is 3.18. The van der Waals surface area contributed by atoms with Gasteiger partial charge in [-0.1, -0.05) is 62.9 Å². The predicted molar refractivity (Wildman–Crippen MR) is 139 cm³/mol. The molecule has 4 rings (SSSR count). The average Bonchev–Trinajstić information content (AvgIpc) is 3.19. The van der Waals surface area contributed by atoms with Crippen molar-refractivity contribution in [2.75, 3.05) is 11.6 Å². The van der Waals surface area contributed by atoms with Crippen LogP contribution in [0, 0.1) is 6.92 Å². The number of anilines is 1. The van der Waals surface area contributed by atoms with E-state index in [1.54, 1.807) is 41.4 Å². The second-order valence-electron chi connectivity index (χ2n) is 7.61. The molecule has 1 atom stereocenters. The summed E-state index contributed by atoms with van der Waals surface area (Å²) in [6.07, 6.45) is 0.516. The van der Waals surface area contributed by atoms with Crippen molar-refractivity contribution in [3.63, 3.8) is 0 Å². The molecule has 0 bridgehead atoms. The van der Waals surface area contributed by atoms with E-state index in [2.05, 4.69) is 20.7 Å². The molecule has 0 saturated heterocycles. The van der Waals surface area contributed by atoms with Crippen molar-refractivity contribution in [2.45, 2.75) is 24.3 Å². The molecule has 3 aromatic rings. The number of benzene rings is 3. The van der Waals surface area contributed by atoms with Gasteiger partial charge in [0.2, 0.25) is 10.0 Å². The summed E-state index contributed by atoms with van der Waals surface area (Å²) in [6.45, 7) is 1.91. The van der Waals surface area contributed by atoms with Gasteiger partial charge in [-0.3, -0.25) is 5.01 Å². The first-order chi connectivity index (χ1) is 15.6. The number of halogens is 4. The van der Waals surface area contributed by atoms with E-state index in [-0.39, 0.29) is 17.5 Å². The highest BCUT2D eigenvalue weighted by atomic mass is 79.9. The Morgan fingerprint density at radius 3 is 2.39 bits per heavy atom. The Bertz CT molecular complexity index is 1330. The molecule has 33 heavy (non-hydrogen) atoms. The van der Waals surface area contributed by atoms with Crippen molar-refractivity contribution >= 4 is 72.2 Å². The minimum Gasteiger partial charge on any atom is -0.256 e. The summed E-state index contributed by atoms with van der Waals surface area (Å²) in [5, 5.41) is 8.12. The predicted octanol–water partition coefficient (Wildman–Crippen LogP) is 7.00. The Kier molecular flexibility index (Phi) is 7.38. The number of nitrogens with zero attached hydrogens (tertiary/aromatic N) is 2. The van der Waals surface area contributed by atoms with Crippen LogP contribution >= 0.6 is 50.7 Å². The van der Waals surface area contributed by atoms with Gasteiger partial charge in [0.1, 0.15) is 0 Å². The summed E-state index contributed by atoms with van der Waals surface area (Å²) >= 11 is 22.0. The molecule has 10 heteroatoms. The molecule has 0 radical (unpaired) electrons. The van der Waals surface area contributed by atoms with Gasteiger partial charge in [0.15, 0.2) is 0 Å². The van der Waals surface area contributed by atoms with E-state index in [1.165, 1.54) is 0 Å². The molecule has 0 aliphatic carbocycles. The number of hydrogen-bond donors (Lipinski definition) is 1. The monoisotopic (exact) mass is 585 g/mol. The highest BCUT2D eigenvalue weighted by molar-refractivity contribution is 9.10. The maximum Gasteiger partial charge on any atom is 0.240 e. The Labute approximate surface area is 216 Å². The number of hydrazone groups is 1. The maximum absolute atomic E-state index is 12.8. The number of hydrogen-bond acceptors (Lipinski definition) is 4. The molecule has 1 aliphatic heterocycles. The van der Waals surface area contributed by atoms with Gasteiger partial charge < -0.3 is 0 Å². The molecule has 3 aromatic carbocycles. The number of nitrogens with one attached hydrogen (secondary N) is 1. The van der Waals surface area contributed by atoms with E-state index in [4.69, 9.17) is 39.9 Å². The molecule has 1 unspecified atom stereocenters. The topological polar surface area (TPSA) is 61.8 Å². The SMILES string of the molecule is Cc1cc(S(=O)(=O)NCC2=NN(c3ccc(Cl)cc3Cl)C(c3ccc(Cl)cc3)C2)ccc1Br. The second kappa shape index (κ2) is 9.94. The zero-order valence-corrected chi connectivity index (χ0v) is 22.1. The number of sulfonamides is 1. The number of rotatable bonds is 6. The van der Waals surface area contributed by atoms with Crippen molar-refractivity contribution in [1.82, 2.24) is 4.72 Å². The molecule has 1 aliphatic rings. The summed E-state index contributed by atoms with van der Waals surface area (Å²) in [4.78, 5) is 0.202. The molecule has 172 valence electrons. The van der Waals surface area contributed by atoms with Gasteiger partial charge in [-0.05, 0) is 66.6 Å². The Morgan fingerprint density at radius 1 is 1.03 bits per heavy atom. The zero-order chi connectivity index (χ0) is 23.8. The third-order valence-corrected chi connectivity index (χ3v) is 8.37. The van der Waals surface area contributed by atoms with Crippen LogP contribution in [0.2, 0.25) is 15.1 Å². The van der Waals surface area contributed by atoms with E-state index in [1.807, 2.05) is 31.2 Å². The van der Waals surface area contributed by atoms with Crippen LogP contribution < -0.4 is 9.73 Å². The van der Waals surface area contributed by atoms with Crippen molar-refractivity contribution in [1.29, 1.82) is 0 Å². The van der Waals surface area contributed by atoms with E-state index in [9.17, 15) is 8.42 Å². The fourth-order valence-corrected chi connectivity index (χ4v) is 5.53. The van der Waals surface area contributed by atoms with Gasteiger partial charge in [-0.15, -0.1) is 0 Å². The maximum atomic E-state index is 12.8. The fourth-order valence-electron chi connectivity index (χ4n) is 3.56. The first-order valence-electron chi connectivity index (χ1n) is 9.96. The second-order valence-corrected chi connectivity index (χ2v) is 11.5. The molecule has 0 fully saturated rings. The third-order valence-electron chi connectivity index (χ3n) is 5.29. The normalized spacial score (nSPS) is 16.2. The van der Waals surface area contributed by atoms with Crippen molar-refractivity contribution in [3.05, 3.63) is 91.3 Å². The largest absolute Gasteiger partial charge is 0.256 e. The molecule has 0 spiro atoms. The molecule has 1 N–H and O–H groups in total. The Hall–Kier alpha value is -1.61. The van der Waals surface area contributed by atoms with Gasteiger partial charge in [0.05, 0.1) is 33.9 Å². The van der Waals surface area contributed by atoms with E-state index >= 15 is 0 Å².